The number of hydrogen-bond donors (Lipinski definition) is 1. The normalized spacial score (nSPS) is 16.8. The molecule has 7 nitrogen and oxygen atoms in total. The van der Waals surface area contributed by atoms with Gasteiger partial charge in [-0.1, -0.05) is 66.0 Å². The molecule has 5 rings (SSSR count). The lowest BCUT2D eigenvalue weighted by Gasteiger charge is -2.23. The molecule has 186 valence electrons. The summed E-state index contributed by atoms with van der Waals surface area (Å²) in [5.41, 5.74) is 2.77. The zero-order chi connectivity index (χ0) is 26.1. The Morgan fingerprint density at radius 2 is 1.78 bits per heavy atom. The molecular weight excluding hydrogens is 488 g/mol. The van der Waals surface area contributed by atoms with Gasteiger partial charge >= 0.3 is 5.91 Å². The van der Waals surface area contributed by atoms with Gasteiger partial charge in [0.2, 0.25) is 0 Å². The van der Waals surface area contributed by atoms with Gasteiger partial charge in [0, 0.05) is 5.56 Å². The van der Waals surface area contributed by atoms with Crippen molar-refractivity contribution < 1.29 is 24.2 Å². The average molecular weight is 513 g/mol. The van der Waals surface area contributed by atoms with Crippen LogP contribution in [0.15, 0.2) is 85.0 Å². The summed E-state index contributed by atoms with van der Waals surface area (Å²) in [5.74, 6) is -0.480. The van der Waals surface area contributed by atoms with E-state index >= 15 is 0 Å². The summed E-state index contributed by atoms with van der Waals surface area (Å²) in [6.07, 6.45) is 1.65. The van der Waals surface area contributed by atoms with E-state index in [9.17, 15) is 14.7 Å². The van der Waals surface area contributed by atoms with Crippen LogP contribution in [0.1, 0.15) is 22.7 Å². The van der Waals surface area contributed by atoms with Crippen LogP contribution < -0.4 is 14.4 Å². The van der Waals surface area contributed by atoms with Crippen molar-refractivity contribution in [2.75, 3.05) is 18.6 Å². The highest BCUT2D eigenvalue weighted by atomic mass is 32.1. The molecule has 37 heavy (non-hydrogen) atoms. The van der Waals surface area contributed by atoms with Gasteiger partial charge in [0.15, 0.2) is 5.13 Å². The number of fused-ring (bicyclic) bond motifs is 1. The Hall–Kier alpha value is -4.43. The molecule has 8 heteroatoms. The van der Waals surface area contributed by atoms with Crippen molar-refractivity contribution in [2.45, 2.75) is 13.0 Å². The summed E-state index contributed by atoms with van der Waals surface area (Å²) in [6.45, 7) is 5.93. The van der Waals surface area contributed by atoms with E-state index in [-0.39, 0.29) is 11.3 Å². The molecule has 0 saturated carbocycles. The number of anilines is 1. The van der Waals surface area contributed by atoms with E-state index in [1.807, 2.05) is 25.1 Å². The second-order valence-electron chi connectivity index (χ2n) is 8.53. The second-order valence-corrected chi connectivity index (χ2v) is 9.54. The van der Waals surface area contributed by atoms with E-state index in [0.717, 1.165) is 10.3 Å². The number of amides is 1. The van der Waals surface area contributed by atoms with E-state index in [1.165, 1.54) is 16.2 Å². The topological polar surface area (TPSA) is 89.0 Å². The fourth-order valence-corrected chi connectivity index (χ4v) is 5.26. The summed E-state index contributed by atoms with van der Waals surface area (Å²) in [5, 5.41) is 11.6. The van der Waals surface area contributed by atoms with Crippen molar-refractivity contribution in [2.24, 2.45) is 0 Å². The molecule has 1 aromatic heterocycles. The molecule has 0 spiro atoms. The number of aliphatic hydroxyl groups is 1. The molecule has 1 saturated heterocycles. The maximum Gasteiger partial charge on any atom is 0.301 e. The highest BCUT2D eigenvalue weighted by Gasteiger charge is 2.48. The van der Waals surface area contributed by atoms with E-state index in [0.29, 0.717) is 39.9 Å². The van der Waals surface area contributed by atoms with Gasteiger partial charge in [-0.3, -0.25) is 14.5 Å². The lowest BCUT2D eigenvalue weighted by molar-refractivity contribution is -0.132. The highest BCUT2D eigenvalue weighted by Crippen LogP contribution is 2.44. The Balaban J connectivity index is 1.67. The van der Waals surface area contributed by atoms with Crippen molar-refractivity contribution >= 4 is 44.1 Å². The first-order valence-electron chi connectivity index (χ1n) is 11.6. The van der Waals surface area contributed by atoms with Gasteiger partial charge in [0.25, 0.3) is 5.78 Å². The zero-order valence-corrected chi connectivity index (χ0v) is 21.1. The fraction of sp³-hybridized carbons (Fsp3) is 0.138. The van der Waals surface area contributed by atoms with Crippen LogP contribution >= 0.6 is 11.3 Å². The van der Waals surface area contributed by atoms with Crippen LogP contribution in [0.25, 0.3) is 16.0 Å². The first-order valence-corrected chi connectivity index (χ1v) is 12.4. The Labute approximate surface area is 217 Å². The number of aryl methyl sites for hydroxylation is 1. The first kappa shape index (κ1) is 24.3. The van der Waals surface area contributed by atoms with Gasteiger partial charge in [-0.05, 0) is 42.8 Å². The molecule has 1 N–H and O–H groups in total. The Bertz CT molecular complexity index is 1540. The number of Topliss-reactive ketones (excluding diaryl/α,β-unsaturated/α-hetero) is 1. The van der Waals surface area contributed by atoms with Crippen molar-refractivity contribution in [3.63, 3.8) is 0 Å². The predicted octanol–water partition coefficient (Wildman–Crippen LogP) is 5.80. The lowest BCUT2D eigenvalue weighted by Crippen LogP contribution is -2.29. The van der Waals surface area contributed by atoms with Crippen LogP contribution in [0.5, 0.6) is 11.5 Å². The summed E-state index contributed by atoms with van der Waals surface area (Å²) in [4.78, 5) is 32.8. The number of carbonyl (C=O) groups is 2. The number of aliphatic hydroxyl groups excluding tert-OH is 1. The summed E-state index contributed by atoms with van der Waals surface area (Å²) in [7, 11) is 1.58. The monoisotopic (exact) mass is 512 g/mol. The fourth-order valence-electron chi connectivity index (χ4n) is 4.24. The number of thiazole rings is 1. The molecule has 1 fully saturated rings. The van der Waals surface area contributed by atoms with Crippen molar-refractivity contribution in [3.05, 3.63) is 102 Å². The number of ketones is 1. The average Bonchev–Trinajstić information content (AvgIpc) is 3.45. The second kappa shape index (κ2) is 9.91. The molecule has 0 bridgehead atoms. The molecule has 1 aliphatic heterocycles. The lowest BCUT2D eigenvalue weighted by atomic mass is 9.95. The Kier molecular flexibility index (Phi) is 6.50. The number of methoxy groups -OCH3 is 1. The summed E-state index contributed by atoms with van der Waals surface area (Å²) < 4.78 is 11.7. The number of hydrogen-bond acceptors (Lipinski definition) is 7. The van der Waals surface area contributed by atoms with Gasteiger partial charge < -0.3 is 14.6 Å². The molecule has 1 aliphatic rings. The van der Waals surface area contributed by atoms with Gasteiger partial charge in [-0.25, -0.2) is 4.98 Å². The van der Waals surface area contributed by atoms with Crippen LogP contribution in [0, 0.1) is 6.92 Å². The molecule has 2 heterocycles. The van der Waals surface area contributed by atoms with E-state index < -0.39 is 17.7 Å². The molecule has 0 aliphatic carbocycles. The molecule has 0 radical (unpaired) electrons. The molecule has 1 atom stereocenters. The van der Waals surface area contributed by atoms with Gasteiger partial charge in [-0.2, -0.15) is 0 Å². The maximum atomic E-state index is 13.4. The molecule has 1 amide bonds. The number of carbonyl (C=O) groups excluding carboxylic acids is 2. The van der Waals surface area contributed by atoms with Crippen molar-refractivity contribution in [1.82, 2.24) is 4.98 Å². The third-order valence-electron chi connectivity index (χ3n) is 6.12. The number of rotatable bonds is 7. The highest BCUT2D eigenvalue weighted by molar-refractivity contribution is 7.22. The number of benzene rings is 3. The SMILES string of the molecule is C=CCOc1ccc(C2C(=C(O)c3ccc(C)cc3)C(=O)C(=O)N2c2nc3ccc(OC)cc3s2)cc1. The van der Waals surface area contributed by atoms with Crippen LogP contribution in [0.2, 0.25) is 0 Å². The zero-order valence-electron chi connectivity index (χ0n) is 20.3. The smallest absolute Gasteiger partial charge is 0.301 e. The largest absolute Gasteiger partial charge is 0.507 e. The molecule has 4 aromatic rings. The van der Waals surface area contributed by atoms with E-state index in [1.54, 1.807) is 61.7 Å². The van der Waals surface area contributed by atoms with Crippen LogP contribution in [-0.4, -0.2) is 35.5 Å². The minimum Gasteiger partial charge on any atom is -0.507 e. The number of aromatic nitrogens is 1. The van der Waals surface area contributed by atoms with Gasteiger partial charge in [0.05, 0.1) is 28.9 Å². The Morgan fingerprint density at radius 3 is 2.46 bits per heavy atom. The van der Waals surface area contributed by atoms with Crippen molar-refractivity contribution in [3.8, 4) is 11.5 Å². The third-order valence-corrected chi connectivity index (χ3v) is 7.14. The Morgan fingerprint density at radius 1 is 1.08 bits per heavy atom. The number of nitrogens with zero attached hydrogens (tertiary/aromatic N) is 2. The van der Waals surface area contributed by atoms with Crippen molar-refractivity contribution in [1.29, 1.82) is 0 Å². The molecule has 3 aromatic carbocycles. The minimum atomic E-state index is -0.878. The quantitative estimate of drug-likeness (QED) is 0.146. The van der Waals surface area contributed by atoms with Crippen LogP contribution in [-0.2, 0) is 9.59 Å². The van der Waals surface area contributed by atoms with Gasteiger partial charge in [0.1, 0.15) is 23.9 Å². The minimum absolute atomic E-state index is 0.00505. The summed E-state index contributed by atoms with van der Waals surface area (Å²) >= 11 is 1.28. The molecular formula is C29H24N2O5S. The predicted molar refractivity (Wildman–Crippen MR) is 144 cm³/mol. The van der Waals surface area contributed by atoms with Crippen LogP contribution in [0.3, 0.4) is 0 Å². The third kappa shape index (κ3) is 4.47. The maximum absolute atomic E-state index is 13.4. The van der Waals surface area contributed by atoms with E-state index in [4.69, 9.17) is 9.47 Å². The van der Waals surface area contributed by atoms with E-state index in [2.05, 4.69) is 11.6 Å². The molecule has 1 unspecified atom stereocenters. The summed E-state index contributed by atoms with van der Waals surface area (Å²) in [6, 6.07) is 18.8. The van der Waals surface area contributed by atoms with Crippen LogP contribution in [0.4, 0.5) is 5.13 Å². The first-order chi connectivity index (χ1) is 17.9. The number of ether oxygens (including phenoxy) is 2. The standard InChI is InChI=1S/C29H24N2O5S/c1-4-15-36-20-11-9-18(10-12-20)25-24(26(32)19-7-5-17(2)6-8-19)27(33)28(34)31(25)29-30-22-14-13-21(35-3)16-23(22)37-29/h4-14,16,25,32H,1,15H2,2-3H3. The van der Waals surface area contributed by atoms with Gasteiger partial charge in [-0.15, -0.1) is 0 Å².